The third-order valence-electron chi connectivity index (χ3n) is 6.09. The zero-order valence-corrected chi connectivity index (χ0v) is 19.9. The maximum Gasteiger partial charge on any atom is 0.316 e. The van der Waals surface area contributed by atoms with Crippen LogP contribution in [0.15, 0.2) is 46.9 Å². The maximum absolute atomic E-state index is 12.5. The highest BCUT2D eigenvalue weighted by Gasteiger charge is 2.40. The van der Waals surface area contributed by atoms with Crippen LogP contribution in [-0.2, 0) is 11.3 Å². The van der Waals surface area contributed by atoms with Crippen LogP contribution in [-0.4, -0.2) is 41.6 Å². The Hall–Kier alpha value is -2.29. The molecule has 2 aliphatic rings. The molecule has 2 atom stereocenters. The van der Waals surface area contributed by atoms with Crippen LogP contribution in [0.5, 0.6) is 5.75 Å². The van der Waals surface area contributed by atoms with E-state index in [1.165, 1.54) is 5.56 Å². The average Bonchev–Trinajstić information content (AvgIpc) is 2.96. The van der Waals surface area contributed by atoms with Gasteiger partial charge in [-0.1, -0.05) is 39.7 Å². The minimum atomic E-state index is -0.696. The van der Waals surface area contributed by atoms with Crippen LogP contribution in [0, 0.1) is 0 Å². The van der Waals surface area contributed by atoms with Gasteiger partial charge in [-0.05, 0) is 61.6 Å². The number of nitrogens with zero attached hydrogens (tertiary/aromatic N) is 1. The summed E-state index contributed by atoms with van der Waals surface area (Å²) in [4.78, 5) is 26.3. The predicted molar refractivity (Wildman–Crippen MR) is 128 cm³/mol. The molecule has 2 aromatic carbocycles. The Morgan fingerprint density at radius 2 is 1.81 bits per heavy atom. The third-order valence-corrected chi connectivity index (χ3v) is 6.83. The van der Waals surface area contributed by atoms with Gasteiger partial charge >= 0.3 is 6.03 Å². The fourth-order valence-electron chi connectivity index (χ4n) is 4.72. The van der Waals surface area contributed by atoms with Gasteiger partial charge in [0.1, 0.15) is 5.75 Å². The normalized spacial score (nSPS) is 22.4. The number of halogens is 2. The van der Waals surface area contributed by atoms with Crippen LogP contribution in [0.25, 0.3) is 0 Å². The van der Waals surface area contributed by atoms with E-state index in [9.17, 15) is 9.59 Å². The van der Waals surface area contributed by atoms with Gasteiger partial charge in [-0.15, -0.1) is 0 Å². The number of primary amides is 1. The highest BCUT2D eigenvalue weighted by molar-refractivity contribution is 9.10. The van der Waals surface area contributed by atoms with Crippen LogP contribution in [0.4, 0.5) is 10.5 Å². The highest BCUT2D eigenvalue weighted by Crippen LogP contribution is 2.37. The third kappa shape index (κ3) is 5.74. The molecule has 2 aromatic rings. The molecule has 2 saturated heterocycles. The van der Waals surface area contributed by atoms with Crippen molar-refractivity contribution in [1.29, 1.82) is 0 Å². The molecule has 3 amide bonds. The number of amides is 3. The molecule has 7 nitrogen and oxygen atoms in total. The number of benzene rings is 2. The second-order valence-corrected chi connectivity index (χ2v) is 9.69. The summed E-state index contributed by atoms with van der Waals surface area (Å²) >= 11 is 9.34. The number of carbonyl (C=O) groups is 2. The SMILES string of the molecule is NC(=O)Nc1cc(Br)ccc1OCC(=O)NC1CC2CCC(C1)N2Cc1ccc(Cl)cc1. The van der Waals surface area contributed by atoms with Crippen molar-refractivity contribution in [3.05, 3.63) is 57.5 Å². The Balaban J connectivity index is 1.29. The quantitative estimate of drug-likeness (QED) is 0.507. The zero-order chi connectivity index (χ0) is 22.7. The van der Waals surface area contributed by atoms with E-state index in [4.69, 9.17) is 22.1 Å². The molecular formula is C23H26BrClN4O3. The summed E-state index contributed by atoms with van der Waals surface area (Å²) in [6.07, 6.45) is 4.18. The lowest BCUT2D eigenvalue weighted by atomic mass is 9.96. The van der Waals surface area contributed by atoms with Crippen LogP contribution in [0.3, 0.4) is 0 Å². The topological polar surface area (TPSA) is 96.7 Å². The fraction of sp³-hybridized carbons (Fsp3) is 0.391. The van der Waals surface area contributed by atoms with Gasteiger partial charge in [-0.25, -0.2) is 4.79 Å². The van der Waals surface area contributed by atoms with Crippen LogP contribution < -0.4 is 21.1 Å². The van der Waals surface area contributed by atoms with Gasteiger partial charge in [0.15, 0.2) is 6.61 Å². The van der Waals surface area contributed by atoms with E-state index in [-0.39, 0.29) is 18.6 Å². The van der Waals surface area contributed by atoms with Crippen LogP contribution in [0.2, 0.25) is 5.02 Å². The molecular weight excluding hydrogens is 496 g/mol. The Labute approximate surface area is 200 Å². The Bertz CT molecular complexity index is 974. The van der Waals surface area contributed by atoms with Gasteiger partial charge in [-0.3, -0.25) is 9.69 Å². The van der Waals surface area contributed by atoms with E-state index >= 15 is 0 Å². The molecule has 2 aliphatic heterocycles. The van der Waals surface area contributed by atoms with Crippen molar-refractivity contribution < 1.29 is 14.3 Å². The van der Waals surface area contributed by atoms with Gasteiger partial charge in [0.05, 0.1) is 5.69 Å². The zero-order valence-electron chi connectivity index (χ0n) is 17.5. The number of anilines is 1. The summed E-state index contributed by atoms with van der Waals surface area (Å²) in [6, 6.07) is 13.5. The number of rotatable bonds is 7. The molecule has 32 heavy (non-hydrogen) atoms. The predicted octanol–water partition coefficient (Wildman–Crippen LogP) is 4.28. The first kappa shape index (κ1) is 22.9. The Morgan fingerprint density at radius 3 is 2.47 bits per heavy atom. The van der Waals surface area contributed by atoms with Crippen molar-refractivity contribution in [3.63, 3.8) is 0 Å². The van der Waals surface area contributed by atoms with Crippen molar-refractivity contribution in [2.45, 2.75) is 50.4 Å². The summed E-state index contributed by atoms with van der Waals surface area (Å²) in [5.74, 6) is 0.216. The van der Waals surface area contributed by atoms with Crippen molar-refractivity contribution in [2.75, 3.05) is 11.9 Å². The molecule has 0 aliphatic carbocycles. The van der Waals surface area contributed by atoms with E-state index in [1.807, 2.05) is 12.1 Å². The molecule has 0 radical (unpaired) electrons. The first-order valence-electron chi connectivity index (χ1n) is 10.7. The summed E-state index contributed by atoms with van der Waals surface area (Å²) < 4.78 is 6.41. The molecule has 2 heterocycles. The van der Waals surface area contributed by atoms with E-state index in [0.717, 1.165) is 41.7 Å². The van der Waals surface area contributed by atoms with Gasteiger partial charge in [0.2, 0.25) is 0 Å². The van der Waals surface area contributed by atoms with E-state index in [0.29, 0.717) is 23.5 Å². The molecule has 0 spiro atoms. The van der Waals surface area contributed by atoms with Gasteiger partial charge in [0, 0.05) is 34.2 Å². The van der Waals surface area contributed by atoms with Crippen molar-refractivity contribution in [2.24, 2.45) is 5.73 Å². The molecule has 4 rings (SSSR count). The smallest absolute Gasteiger partial charge is 0.316 e. The summed E-state index contributed by atoms with van der Waals surface area (Å²) in [5, 5.41) is 6.38. The number of piperidine rings is 1. The second-order valence-electron chi connectivity index (χ2n) is 8.34. The molecule has 9 heteroatoms. The fourth-order valence-corrected chi connectivity index (χ4v) is 5.21. The number of ether oxygens (including phenoxy) is 1. The van der Waals surface area contributed by atoms with Crippen molar-refractivity contribution >= 4 is 45.2 Å². The monoisotopic (exact) mass is 520 g/mol. The van der Waals surface area contributed by atoms with Crippen molar-refractivity contribution in [1.82, 2.24) is 10.2 Å². The van der Waals surface area contributed by atoms with E-state index < -0.39 is 6.03 Å². The maximum atomic E-state index is 12.5. The van der Waals surface area contributed by atoms with Gasteiger partial charge in [-0.2, -0.15) is 0 Å². The molecule has 0 aromatic heterocycles. The first-order chi connectivity index (χ1) is 15.4. The van der Waals surface area contributed by atoms with E-state index in [2.05, 4.69) is 43.6 Å². The van der Waals surface area contributed by atoms with Crippen LogP contribution in [0.1, 0.15) is 31.2 Å². The molecule has 0 saturated carbocycles. The number of carbonyl (C=O) groups excluding carboxylic acids is 2. The average molecular weight is 522 g/mol. The minimum Gasteiger partial charge on any atom is -0.482 e. The second kappa shape index (κ2) is 10.1. The Morgan fingerprint density at radius 1 is 1.12 bits per heavy atom. The summed E-state index contributed by atoms with van der Waals surface area (Å²) in [7, 11) is 0. The summed E-state index contributed by atoms with van der Waals surface area (Å²) in [6.45, 7) is 0.783. The van der Waals surface area contributed by atoms with E-state index in [1.54, 1.807) is 18.2 Å². The number of hydrogen-bond acceptors (Lipinski definition) is 4. The molecule has 4 N–H and O–H groups in total. The highest BCUT2D eigenvalue weighted by atomic mass is 79.9. The number of urea groups is 1. The lowest BCUT2D eigenvalue weighted by Crippen LogP contribution is -2.50. The van der Waals surface area contributed by atoms with Gasteiger partial charge < -0.3 is 21.1 Å². The summed E-state index contributed by atoms with van der Waals surface area (Å²) in [5.41, 5.74) is 6.88. The molecule has 170 valence electrons. The molecule has 2 fully saturated rings. The van der Waals surface area contributed by atoms with Crippen LogP contribution >= 0.6 is 27.5 Å². The largest absolute Gasteiger partial charge is 0.482 e. The number of nitrogens with two attached hydrogens (primary N) is 1. The lowest BCUT2D eigenvalue weighted by molar-refractivity contribution is -0.124. The molecule has 2 unspecified atom stereocenters. The Kier molecular flexibility index (Phi) is 7.23. The van der Waals surface area contributed by atoms with Gasteiger partial charge in [0.25, 0.3) is 5.91 Å². The molecule has 2 bridgehead atoms. The number of nitrogens with one attached hydrogen (secondary N) is 2. The first-order valence-corrected chi connectivity index (χ1v) is 11.8. The standard InChI is InChI=1S/C23H26BrClN4O3/c24-15-3-8-21(20(9-15)28-23(26)31)32-13-22(30)27-17-10-18-6-7-19(11-17)29(18)12-14-1-4-16(25)5-2-14/h1-5,8-9,17-19H,6-7,10-13H2,(H,27,30)(H3,26,28,31). The minimum absolute atomic E-state index is 0.130. The number of fused-ring (bicyclic) bond motifs is 2. The lowest BCUT2D eigenvalue weighted by Gasteiger charge is -2.39. The van der Waals surface area contributed by atoms with Crippen molar-refractivity contribution in [3.8, 4) is 5.75 Å². The number of hydrogen-bond donors (Lipinski definition) is 3.